The fourth-order valence-electron chi connectivity index (χ4n) is 3.02. The van der Waals surface area contributed by atoms with Gasteiger partial charge < -0.3 is 10.2 Å². The van der Waals surface area contributed by atoms with E-state index in [1.54, 1.807) is 0 Å². The van der Waals surface area contributed by atoms with Gasteiger partial charge in [0.05, 0.1) is 11.3 Å². The zero-order valence-electron chi connectivity index (χ0n) is 13.0. The van der Waals surface area contributed by atoms with Gasteiger partial charge in [0.25, 0.3) is 5.91 Å². The number of oxime groups is 1. The molecule has 1 saturated carbocycles. The maximum Gasteiger partial charge on any atom is 0.265 e. The van der Waals surface area contributed by atoms with Crippen LogP contribution < -0.4 is 5.32 Å². The SMILES string of the molecule is O=C(NC1(c2ccc(Br)cc2)CC1)C1CC(c2ccccc2)=NO1. The third-order valence-corrected chi connectivity index (χ3v) is 5.11. The number of hydrogen-bond acceptors (Lipinski definition) is 3. The fourth-order valence-corrected chi connectivity index (χ4v) is 3.28. The Labute approximate surface area is 149 Å². The largest absolute Gasteiger partial charge is 0.382 e. The lowest BCUT2D eigenvalue weighted by molar-refractivity contribution is -0.132. The number of halogens is 1. The maximum absolute atomic E-state index is 12.6. The van der Waals surface area contributed by atoms with E-state index in [1.807, 2.05) is 42.5 Å². The Bertz CT molecular complexity index is 783. The van der Waals surface area contributed by atoms with Gasteiger partial charge in [-0.2, -0.15) is 0 Å². The average Bonchev–Trinajstić information content (AvgIpc) is 3.21. The minimum atomic E-state index is -0.548. The highest BCUT2D eigenvalue weighted by Crippen LogP contribution is 2.45. The molecule has 0 bridgehead atoms. The van der Waals surface area contributed by atoms with Gasteiger partial charge >= 0.3 is 0 Å². The summed E-state index contributed by atoms with van der Waals surface area (Å²) >= 11 is 3.44. The van der Waals surface area contributed by atoms with Crippen LogP contribution in [0, 0.1) is 0 Å². The lowest BCUT2D eigenvalue weighted by Gasteiger charge is -2.19. The molecule has 1 amide bonds. The molecule has 2 aliphatic rings. The molecule has 122 valence electrons. The molecule has 4 rings (SSSR count). The third kappa shape index (κ3) is 2.96. The quantitative estimate of drug-likeness (QED) is 0.872. The van der Waals surface area contributed by atoms with Gasteiger partial charge in [0.2, 0.25) is 6.10 Å². The highest BCUT2D eigenvalue weighted by Gasteiger charge is 2.47. The maximum atomic E-state index is 12.6. The summed E-state index contributed by atoms with van der Waals surface area (Å²) in [7, 11) is 0. The van der Waals surface area contributed by atoms with Gasteiger partial charge in [0.1, 0.15) is 0 Å². The van der Waals surface area contributed by atoms with Gasteiger partial charge in [-0.25, -0.2) is 0 Å². The second-order valence-corrected chi connectivity index (χ2v) is 7.20. The van der Waals surface area contributed by atoms with E-state index < -0.39 is 6.10 Å². The Hall–Kier alpha value is -2.14. The molecule has 1 N–H and O–H groups in total. The molecule has 0 spiro atoms. The molecule has 4 nitrogen and oxygen atoms in total. The lowest BCUT2D eigenvalue weighted by Crippen LogP contribution is -2.41. The molecule has 1 aliphatic heterocycles. The Morgan fingerprint density at radius 2 is 1.83 bits per heavy atom. The molecule has 2 aromatic rings. The number of carbonyl (C=O) groups excluding carboxylic acids is 1. The van der Waals surface area contributed by atoms with Crippen molar-refractivity contribution in [1.29, 1.82) is 0 Å². The van der Waals surface area contributed by atoms with E-state index in [2.05, 4.69) is 38.5 Å². The molecule has 1 atom stereocenters. The van der Waals surface area contributed by atoms with Gasteiger partial charge in [-0.3, -0.25) is 4.79 Å². The van der Waals surface area contributed by atoms with Gasteiger partial charge in [-0.05, 0) is 36.1 Å². The van der Waals surface area contributed by atoms with E-state index in [9.17, 15) is 4.79 Å². The molecule has 0 saturated heterocycles. The zero-order chi connectivity index (χ0) is 16.6. The van der Waals surface area contributed by atoms with Crippen LogP contribution in [0.25, 0.3) is 0 Å². The van der Waals surface area contributed by atoms with Crippen molar-refractivity contribution in [3.8, 4) is 0 Å². The summed E-state index contributed by atoms with van der Waals surface area (Å²) in [6.45, 7) is 0. The predicted molar refractivity (Wildman–Crippen MR) is 95.7 cm³/mol. The van der Waals surface area contributed by atoms with Crippen LogP contribution in [0.1, 0.15) is 30.4 Å². The molecular weight excluding hydrogens is 368 g/mol. The van der Waals surface area contributed by atoms with Crippen LogP contribution in [0.4, 0.5) is 0 Å². The first-order valence-corrected chi connectivity index (χ1v) is 8.82. The van der Waals surface area contributed by atoms with Crippen molar-refractivity contribution in [3.05, 3.63) is 70.2 Å². The summed E-state index contributed by atoms with van der Waals surface area (Å²) in [4.78, 5) is 18.0. The van der Waals surface area contributed by atoms with Gasteiger partial charge in [-0.1, -0.05) is 63.6 Å². The number of nitrogens with zero attached hydrogens (tertiary/aromatic N) is 1. The molecule has 24 heavy (non-hydrogen) atoms. The summed E-state index contributed by atoms with van der Waals surface area (Å²) in [6.07, 6.45) is 1.87. The van der Waals surface area contributed by atoms with Crippen LogP contribution >= 0.6 is 15.9 Å². The first-order chi connectivity index (χ1) is 11.7. The number of rotatable bonds is 4. The van der Waals surface area contributed by atoms with Crippen LogP contribution in [-0.4, -0.2) is 17.7 Å². The van der Waals surface area contributed by atoms with Crippen molar-refractivity contribution in [1.82, 2.24) is 5.32 Å². The van der Waals surface area contributed by atoms with Crippen LogP contribution in [0.5, 0.6) is 0 Å². The standard InChI is InChI=1S/C19H17BrN2O2/c20-15-8-6-14(7-9-15)19(10-11-19)21-18(23)17-12-16(22-24-17)13-4-2-1-3-5-13/h1-9,17H,10-12H2,(H,21,23). The summed E-state index contributed by atoms with van der Waals surface area (Å²) in [5.74, 6) is -0.0925. The minimum Gasteiger partial charge on any atom is -0.382 e. The van der Waals surface area contributed by atoms with Crippen LogP contribution in [0.3, 0.4) is 0 Å². The second-order valence-electron chi connectivity index (χ2n) is 6.28. The van der Waals surface area contributed by atoms with E-state index in [0.717, 1.165) is 34.2 Å². The molecule has 1 fully saturated rings. The van der Waals surface area contributed by atoms with E-state index in [0.29, 0.717) is 6.42 Å². The normalized spacial score (nSPS) is 20.9. The van der Waals surface area contributed by atoms with E-state index in [4.69, 9.17) is 4.84 Å². The van der Waals surface area contributed by atoms with Crippen LogP contribution in [0.2, 0.25) is 0 Å². The number of benzene rings is 2. The van der Waals surface area contributed by atoms with Crippen LogP contribution in [-0.2, 0) is 15.2 Å². The van der Waals surface area contributed by atoms with Gasteiger partial charge in [0.15, 0.2) is 0 Å². The average molecular weight is 385 g/mol. The fraction of sp³-hybridized carbons (Fsp3) is 0.263. The van der Waals surface area contributed by atoms with Crippen molar-refractivity contribution in [2.24, 2.45) is 5.16 Å². The summed E-state index contributed by atoms with van der Waals surface area (Å²) in [5, 5.41) is 7.26. The van der Waals surface area contributed by atoms with Crippen molar-refractivity contribution >= 4 is 27.5 Å². The molecule has 1 heterocycles. The van der Waals surface area contributed by atoms with Crippen molar-refractivity contribution in [2.75, 3.05) is 0 Å². The summed E-state index contributed by atoms with van der Waals surface area (Å²) in [5.41, 5.74) is 2.73. The highest BCUT2D eigenvalue weighted by atomic mass is 79.9. The number of hydrogen-bond donors (Lipinski definition) is 1. The summed E-state index contributed by atoms with van der Waals surface area (Å²) in [6, 6.07) is 17.9. The third-order valence-electron chi connectivity index (χ3n) is 4.58. The summed E-state index contributed by atoms with van der Waals surface area (Å²) < 4.78 is 1.04. The molecule has 5 heteroatoms. The van der Waals surface area contributed by atoms with Crippen molar-refractivity contribution in [3.63, 3.8) is 0 Å². The van der Waals surface area contributed by atoms with E-state index in [-0.39, 0.29) is 11.4 Å². The molecule has 1 unspecified atom stereocenters. The van der Waals surface area contributed by atoms with Gasteiger partial charge in [-0.15, -0.1) is 0 Å². The van der Waals surface area contributed by atoms with Crippen molar-refractivity contribution in [2.45, 2.75) is 30.9 Å². The topological polar surface area (TPSA) is 50.7 Å². The first kappa shape index (κ1) is 15.4. The lowest BCUT2D eigenvalue weighted by atomic mass is 10.0. The minimum absolute atomic E-state index is 0.0925. The Morgan fingerprint density at radius 1 is 1.12 bits per heavy atom. The first-order valence-electron chi connectivity index (χ1n) is 8.02. The number of amides is 1. The molecule has 2 aromatic carbocycles. The monoisotopic (exact) mass is 384 g/mol. The predicted octanol–water partition coefficient (Wildman–Crippen LogP) is 3.75. The second kappa shape index (κ2) is 6.06. The van der Waals surface area contributed by atoms with Gasteiger partial charge in [0, 0.05) is 10.9 Å². The Balaban J connectivity index is 1.42. The Morgan fingerprint density at radius 3 is 2.50 bits per heavy atom. The van der Waals surface area contributed by atoms with Crippen molar-refractivity contribution < 1.29 is 9.63 Å². The van der Waals surface area contributed by atoms with E-state index >= 15 is 0 Å². The smallest absolute Gasteiger partial charge is 0.265 e. The Kier molecular flexibility index (Phi) is 3.88. The van der Waals surface area contributed by atoms with E-state index in [1.165, 1.54) is 0 Å². The number of nitrogens with one attached hydrogen (secondary N) is 1. The highest BCUT2D eigenvalue weighted by molar-refractivity contribution is 9.10. The molecule has 0 aromatic heterocycles. The molecule has 1 aliphatic carbocycles. The zero-order valence-corrected chi connectivity index (χ0v) is 14.6. The number of carbonyl (C=O) groups is 1. The van der Waals surface area contributed by atoms with Crippen LogP contribution in [0.15, 0.2) is 64.2 Å². The molecular formula is C19H17BrN2O2. The molecule has 0 radical (unpaired) electrons.